The minimum absolute atomic E-state index is 0.358. The van der Waals surface area contributed by atoms with Gasteiger partial charge >= 0.3 is 5.97 Å². The van der Waals surface area contributed by atoms with E-state index in [9.17, 15) is 9.90 Å². The van der Waals surface area contributed by atoms with Gasteiger partial charge in [-0.1, -0.05) is 25.5 Å². The maximum absolute atomic E-state index is 11.4. The van der Waals surface area contributed by atoms with Gasteiger partial charge in [-0.05, 0) is 25.0 Å². The van der Waals surface area contributed by atoms with E-state index in [0.29, 0.717) is 18.7 Å². The molecule has 0 amide bonds. The van der Waals surface area contributed by atoms with Gasteiger partial charge in [-0.25, -0.2) is 4.79 Å². The van der Waals surface area contributed by atoms with Crippen LogP contribution in [-0.2, 0) is 13.0 Å². The number of aromatic carboxylic acids is 1. The van der Waals surface area contributed by atoms with E-state index in [1.807, 2.05) is 23.6 Å². The van der Waals surface area contributed by atoms with Crippen LogP contribution in [0.1, 0.15) is 35.0 Å². The van der Waals surface area contributed by atoms with Crippen molar-refractivity contribution >= 4 is 16.9 Å². The molecule has 4 heteroatoms. The van der Waals surface area contributed by atoms with Gasteiger partial charge in [0, 0.05) is 24.2 Å². The van der Waals surface area contributed by atoms with Gasteiger partial charge in [0.25, 0.3) is 0 Å². The molecule has 0 radical (unpaired) electrons. The second-order valence-corrected chi connectivity index (χ2v) is 4.76. The van der Waals surface area contributed by atoms with Crippen molar-refractivity contribution in [3.05, 3.63) is 35.0 Å². The maximum Gasteiger partial charge on any atom is 0.337 e. The second-order valence-electron chi connectivity index (χ2n) is 4.76. The number of carbonyl (C=O) groups is 1. The van der Waals surface area contributed by atoms with Crippen LogP contribution in [0.5, 0.6) is 0 Å². The summed E-state index contributed by atoms with van der Waals surface area (Å²) in [6.07, 6.45) is 2.00. The Morgan fingerprint density at radius 1 is 1.42 bits per heavy atom. The molecule has 0 aliphatic heterocycles. The largest absolute Gasteiger partial charge is 0.478 e. The van der Waals surface area contributed by atoms with E-state index in [0.717, 1.165) is 29.4 Å². The van der Waals surface area contributed by atoms with Crippen LogP contribution in [0.3, 0.4) is 0 Å². The van der Waals surface area contributed by atoms with E-state index >= 15 is 0 Å². The molecule has 0 aliphatic rings. The first kappa shape index (κ1) is 13.6. The molecule has 3 N–H and O–H groups in total. The van der Waals surface area contributed by atoms with Gasteiger partial charge in [0.1, 0.15) is 0 Å². The lowest BCUT2D eigenvalue weighted by molar-refractivity contribution is 0.0698. The van der Waals surface area contributed by atoms with Crippen LogP contribution < -0.4 is 5.73 Å². The van der Waals surface area contributed by atoms with Crippen LogP contribution in [0, 0.1) is 6.92 Å². The van der Waals surface area contributed by atoms with Crippen molar-refractivity contribution in [3.8, 4) is 0 Å². The molecule has 2 aromatic rings. The molecule has 102 valence electrons. The summed E-state index contributed by atoms with van der Waals surface area (Å²) in [4.78, 5) is 11.4. The third kappa shape index (κ3) is 2.24. The van der Waals surface area contributed by atoms with Gasteiger partial charge in [0.15, 0.2) is 0 Å². The van der Waals surface area contributed by atoms with Crippen LogP contribution in [0.2, 0.25) is 0 Å². The number of aryl methyl sites for hydroxylation is 1. The number of nitrogens with zero attached hydrogens (tertiary/aromatic N) is 1. The Labute approximate surface area is 112 Å². The Morgan fingerprint density at radius 2 is 2.16 bits per heavy atom. The summed E-state index contributed by atoms with van der Waals surface area (Å²) in [5, 5.41) is 10.4. The van der Waals surface area contributed by atoms with E-state index in [-0.39, 0.29) is 0 Å². The molecule has 19 heavy (non-hydrogen) atoms. The standard InChI is InChI=1S/C15H20N2O2/c1-3-5-11-10(2)17(9-8-16)14-12(11)6-4-7-13(14)15(18)19/h4,6-7H,3,5,8-9,16H2,1-2H3,(H,18,19). The molecule has 0 fully saturated rings. The summed E-state index contributed by atoms with van der Waals surface area (Å²) in [5.74, 6) is -0.885. The summed E-state index contributed by atoms with van der Waals surface area (Å²) < 4.78 is 2.05. The molecule has 1 aromatic carbocycles. The summed E-state index contributed by atoms with van der Waals surface area (Å²) in [7, 11) is 0. The third-order valence-corrected chi connectivity index (χ3v) is 3.56. The Balaban J connectivity index is 2.81. The van der Waals surface area contributed by atoms with Gasteiger partial charge in [-0.2, -0.15) is 0 Å². The van der Waals surface area contributed by atoms with Crippen LogP contribution in [0.25, 0.3) is 10.9 Å². The second kappa shape index (κ2) is 5.45. The fourth-order valence-corrected chi connectivity index (χ4v) is 2.75. The van der Waals surface area contributed by atoms with Gasteiger partial charge in [-0.3, -0.25) is 0 Å². The van der Waals surface area contributed by atoms with Crippen molar-refractivity contribution in [2.75, 3.05) is 6.54 Å². The molecule has 0 spiro atoms. The number of carboxylic acid groups (broad SMARTS) is 1. The lowest BCUT2D eigenvalue weighted by Crippen LogP contribution is -2.12. The highest BCUT2D eigenvalue weighted by molar-refractivity contribution is 6.03. The number of para-hydroxylation sites is 1. The molecule has 0 saturated heterocycles. The molecular formula is C15H20N2O2. The lowest BCUT2D eigenvalue weighted by Gasteiger charge is -2.08. The molecular weight excluding hydrogens is 240 g/mol. The van der Waals surface area contributed by atoms with Crippen LogP contribution in [-0.4, -0.2) is 22.2 Å². The first-order valence-corrected chi connectivity index (χ1v) is 6.65. The zero-order valence-corrected chi connectivity index (χ0v) is 11.4. The summed E-state index contributed by atoms with van der Waals surface area (Å²) >= 11 is 0. The number of rotatable bonds is 5. The minimum atomic E-state index is -0.885. The van der Waals surface area contributed by atoms with Gasteiger partial charge in [0.2, 0.25) is 0 Å². The molecule has 2 rings (SSSR count). The van der Waals surface area contributed by atoms with Gasteiger partial charge < -0.3 is 15.4 Å². The zero-order chi connectivity index (χ0) is 14.0. The number of hydrogen-bond donors (Lipinski definition) is 2. The normalized spacial score (nSPS) is 11.1. The first-order chi connectivity index (χ1) is 9.11. The van der Waals surface area contributed by atoms with Crippen molar-refractivity contribution in [2.45, 2.75) is 33.2 Å². The number of nitrogens with two attached hydrogens (primary N) is 1. The molecule has 1 heterocycles. The van der Waals surface area contributed by atoms with E-state index in [4.69, 9.17) is 5.73 Å². The van der Waals surface area contributed by atoms with E-state index in [2.05, 4.69) is 6.92 Å². The molecule has 0 aliphatic carbocycles. The molecule has 4 nitrogen and oxygen atoms in total. The third-order valence-electron chi connectivity index (χ3n) is 3.56. The Hall–Kier alpha value is -1.81. The predicted octanol–water partition coefficient (Wildman–Crippen LogP) is 2.56. The predicted molar refractivity (Wildman–Crippen MR) is 76.7 cm³/mol. The summed E-state index contributed by atoms with van der Waals surface area (Å²) in [5.41, 5.74) is 9.21. The van der Waals surface area contributed by atoms with Crippen molar-refractivity contribution in [1.29, 1.82) is 0 Å². The van der Waals surface area contributed by atoms with E-state index in [1.165, 1.54) is 5.56 Å². The van der Waals surface area contributed by atoms with Gasteiger partial charge in [-0.15, -0.1) is 0 Å². The maximum atomic E-state index is 11.4. The SMILES string of the molecule is CCCc1c(C)n(CCN)c2c(C(=O)O)cccc12. The number of carboxylic acids is 1. The van der Waals surface area contributed by atoms with Crippen molar-refractivity contribution < 1.29 is 9.90 Å². The number of hydrogen-bond acceptors (Lipinski definition) is 2. The van der Waals surface area contributed by atoms with Crippen molar-refractivity contribution in [2.24, 2.45) is 5.73 Å². The average molecular weight is 260 g/mol. The summed E-state index contributed by atoms with van der Waals surface area (Å²) in [6.45, 7) is 5.33. The fourth-order valence-electron chi connectivity index (χ4n) is 2.75. The van der Waals surface area contributed by atoms with Crippen LogP contribution in [0.15, 0.2) is 18.2 Å². The van der Waals surface area contributed by atoms with Gasteiger partial charge in [0.05, 0.1) is 11.1 Å². The molecule has 0 saturated carbocycles. The topological polar surface area (TPSA) is 68.2 Å². The highest BCUT2D eigenvalue weighted by Crippen LogP contribution is 2.29. The Morgan fingerprint density at radius 3 is 2.74 bits per heavy atom. The summed E-state index contributed by atoms with van der Waals surface area (Å²) in [6, 6.07) is 5.48. The smallest absolute Gasteiger partial charge is 0.337 e. The quantitative estimate of drug-likeness (QED) is 0.868. The van der Waals surface area contributed by atoms with E-state index in [1.54, 1.807) is 6.07 Å². The minimum Gasteiger partial charge on any atom is -0.478 e. The number of benzene rings is 1. The zero-order valence-electron chi connectivity index (χ0n) is 11.4. The van der Waals surface area contributed by atoms with E-state index < -0.39 is 5.97 Å². The highest BCUT2D eigenvalue weighted by Gasteiger charge is 2.18. The highest BCUT2D eigenvalue weighted by atomic mass is 16.4. The molecule has 1 aromatic heterocycles. The van der Waals surface area contributed by atoms with Crippen molar-refractivity contribution in [3.63, 3.8) is 0 Å². The lowest BCUT2D eigenvalue weighted by atomic mass is 10.0. The van der Waals surface area contributed by atoms with Crippen molar-refractivity contribution in [1.82, 2.24) is 4.57 Å². The monoisotopic (exact) mass is 260 g/mol. The first-order valence-electron chi connectivity index (χ1n) is 6.65. The number of aromatic nitrogens is 1. The van der Waals surface area contributed by atoms with Crippen LogP contribution in [0.4, 0.5) is 0 Å². The average Bonchev–Trinajstić information content (AvgIpc) is 2.65. The Kier molecular flexibility index (Phi) is 3.90. The molecule has 0 bridgehead atoms. The Bertz CT molecular complexity index is 614. The number of fused-ring (bicyclic) bond motifs is 1. The fraction of sp³-hybridized carbons (Fsp3) is 0.400. The molecule has 0 unspecified atom stereocenters. The molecule has 0 atom stereocenters. The van der Waals surface area contributed by atoms with Crippen LogP contribution >= 0.6 is 0 Å².